The zero-order valence-electron chi connectivity index (χ0n) is 10.5. The highest BCUT2D eigenvalue weighted by Crippen LogP contribution is 2.16. The van der Waals surface area contributed by atoms with E-state index in [-0.39, 0.29) is 6.04 Å². The van der Waals surface area contributed by atoms with Gasteiger partial charge in [0, 0.05) is 13.1 Å². The molecule has 98 valence electrons. The van der Waals surface area contributed by atoms with Crippen molar-refractivity contribution in [2.45, 2.75) is 45.3 Å². The normalized spacial score (nSPS) is 20.2. The molecule has 0 unspecified atom stereocenters. The van der Waals surface area contributed by atoms with E-state index in [1.165, 1.54) is 4.90 Å². The van der Waals surface area contributed by atoms with Crippen molar-refractivity contribution in [3.05, 3.63) is 0 Å². The summed E-state index contributed by atoms with van der Waals surface area (Å²) >= 11 is 0. The fourth-order valence-electron chi connectivity index (χ4n) is 1.82. The van der Waals surface area contributed by atoms with Crippen molar-refractivity contribution in [2.24, 2.45) is 0 Å². The maximum atomic E-state index is 11.4. The number of carbonyl (C=O) groups is 2. The summed E-state index contributed by atoms with van der Waals surface area (Å²) in [4.78, 5) is 23.6. The van der Waals surface area contributed by atoms with Crippen molar-refractivity contribution >= 4 is 12.2 Å². The molecule has 0 aromatic carbocycles. The molecule has 2 N–H and O–H groups in total. The van der Waals surface area contributed by atoms with Gasteiger partial charge in [-0.2, -0.15) is 0 Å². The van der Waals surface area contributed by atoms with Crippen LogP contribution in [0.1, 0.15) is 33.6 Å². The summed E-state index contributed by atoms with van der Waals surface area (Å²) in [7, 11) is 0. The van der Waals surface area contributed by atoms with Crippen molar-refractivity contribution in [3.8, 4) is 0 Å². The summed E-state index contributed by atoms with van der Waals surface area (Å²) in [5, 5.41) is 11.5. The summed E-state index contributed by atoms with van der Waals surface area (Å²) in [6.07, 6.45) is 0.183. The molecule has 0 aromatic heterocycles. The molecule has 6 heteroatoms. The summed E-state index contributed by atoms with van der Waals surface area (Å²) in [6.45, 7) is 6.19. The topological polar surface area (TPSA) is 78.9 Å². The Morgan fingerprint density at radius 1 is 1.47 bits per heavy atom. The van der Waals surface area contributed by atoms with Gasteiger partial charge in [-0.1, -0.05) is 0 Å². The van der Waals surface area contributed by atoms with Crippen LogP contribution in [0.4, 0.5) is 9.59 Å². The Kier molecular flexibility index (Phi) is 4.20. The maximum absolute atomic E-state index is 11.4. The first kappa shape index (κ1) is 13.6. The highest BCUT2D eigenvalue weighted by molar-refractivity contribution is 5.68. The Morgan fingerprint density at radius 2 is 2.12 bits per heavy atom. The molecule has 0 aromatic rings. The van der Waals surface area contributed by atoms with Crippen molar-refractivity contribution in [1.29, 1.82) is 0 Å². The average Bonchev–Trinajstić information content (AvgIpc) is 2.59. The number of alkyl carbamates (subject to hydrolysis) is 1. The van der Waals surface area contributed by atoms with Crippen LogP contribution in [0, 0.1) is 0 Å². The molecule has 2 amide bonds. The smallest absolute Gasteiger partial charge is 0.407 e. The molecule has 1 saturated heterocycles. The first-order valence-electron chi connectivity index (χ1n) is 5.76. The molecule has 0 aliphatic carbocycles. The lowest BCUT2D eigenvalue weighted by atomic mass is 10.2. The van der Waals surface area contributed by atoms with E-state index < -0.39 is 17.8 Å². The Balaban J connectivity index is 2.35. The molecule has 1 fully saturated rings. The number of hydrogen-bond acceptors (Lipinski definition) is 3. The van der Waals surface area contributed by atoms with Crippen LogP contribution in [0.15, 0.2) is 0 Å². The molecule has 0 saturated carbocycles. The lowest BCUT2D eigenvalue weighted by Gasteiger charge is -2.23. The Morgan fingerprint density at radius 3 is 2.65 bits per heavy atom. The van der Waals surface area contributed by atoms with Crippen LogP contribution in [0.5, 0.6) is 0 Å². The Labute approximate surface area is 101 Å². The van der Waals surface area contributed by atoms with E-state index in [1.54, 1.807) is 20.8 Å². The molecular formula is C11H20N2O4. The molecule has 0 spiro atoms. The second-order valence-corrected chi connectivity index (χ2v) is 5.15. The van der Waals surface area contributed by atoms with E-state index in [1.807, 2.05) is 0 Å². The van der Waals surface area contributed by atoms with Gasteiger partial charge in [0.1, 0.15) is 5.60 Å². The van der Waals surface area contributed by atoms with Crippen LogP contribution >= 0.6 is 0 Å². The molecule has 17 heavy (non-hydrogen) atoms. The summed E-state index contributed by atoms with van der Waals surface area (Å²) in [5.74, 6) is 0. The highest BCUT2D eigenvalue weighted by Gasteiger charge is 2.29. The van der Waals surface area contributed by atoms with Gasteiger partial charge in [-0.3, -0.25) is 0 Å². The Hall–Kier alpha value is -1.46. The largest absolute Gasteiger partial charge is 0.465 e. The first-order chi connectivity index (χ1) is 7.79. The Bertz CT molecular complexity index is 298. The second-order valence-electron chi connectivity index (χ2n) is 5.15. The van der Waals surface area contributed by atoms with Gasteiger partial charge in [0.25, 0.3) is 0 Å². The van der Waals surface area contributed by atoms with Crippen molar-refractivity contribution in [3.63, 3.8) is 0 Å². The fraction of sp³-hybridized carbons (Fsp3) is 0.818. The van der Waals surface area contributed by atoms with Gasteiger partial charge in [-0.05, 0) is 33.6 Å². The van der Waals surface area contributed by atoms with Crippen LogP contribution < -0.4 is 5.32 Å². The third-order valence-electron chi connectivity index (χ3n) is 2.50. The van der Waals surface area contributed by atoms with E-state index in [4.69, 9.17) is 9.84 Å². The maximum Gasteiger partial charge on any atom is 0.407 e. The summed E-state index contributed by atoms with van der Waals surface area (Å²) < 4.78 is 5.08. The molecular weight excluding hydrogens is 224 g/mol. The number of carbonyl (C=O) groups excluding carboxylic acids is 1. The number of likely N-dealkylation sites (tertiary alicyclic amines) is 1. The zero-order valence-corrected chi connectivity index (χ0v) is 10.5. The molecule has 0 radical (unpaired) electrons. The third-order valence-corrected chi connectivity index (χ3v) is 2.50. The molecule has 1 rings (SSSR count). The summed E-state index contributed by atoms with van der Waals surface area (Å²) in [5.41, 5.74) is -0.535. The number of carboxylic acid groups (broad SMARTS) is 1. The van der Waals surface area contributed by atoms with Crippen LogP contribution in [-0.2, 0) is 4.74 Å². The number of hydrogen-bond donors (Lipinski definition) is 2. The first-order valence-corrected chi connectivity index (χ1v) is 5.76. The van der Waals surface area contributed by atoms with Crippen LogP contribution in [-0.4, -0.2) is 46.9 Å². The molecule has 0 bridgehead atoms. The van der Waals surface area contributed by atoms with E-state index >= 15 is 0 Å². The van der Waals surface area contributed by atoms with E-state index in [2.05, 4.69) is 5.32 Å². The lowest BCUT2D eigenvalue weighted by Crippen LogP contribution is -2.43. The van der Waals surface area contributed by atoms with E-state index in [0.717, 1.165) is 12.8 Å². The predicted octanol–water partition coefficient (Wildman–Crippen LogP) is 1.65. The SMILES string of the molecule is CC(C)(C)OC(=O)NC[C@@H]1CCCN1C(=O)O. The van der Waals surface area contributed by atoms with Gasteiger partial charge in [0.15, 0.2) is 0 Å². The number of nitrogens with zero attached hydrogens (tertiary/aromatic N) is 1. The average molecular weight is 244 g/mol. The van der Waals surface area contributed by atoms with Gasteiger partial charge in [0.05, 0.1) is 6.04 Å². The van der Waals surface area contributed by atoms with E-state index in [0.29, 0.717) is 13.1 Å². The van der Waals surface area contributed by atoms with Crippen LogP contribution in [0.25, 0.3) is 0 Å². The third kappa shape index (κ3) is 4.50. The van der Waals surface area contributed by atoms with Gasteiger partial charge in [-0.25, -0.2) is 9.59 Å². The molecule has 6 nitrogen and oxygen atoms in total. The van der Waals surface area contributed by atoms with Crippen molar-refractivity contribution < 1.29 is 19.4 Å². The number of ether oxygens (including phenoxy) is 1. The predicted molar refractivity (Wildman–Crippen MR) is 62.0 cm³/mol. The molecule has 1 aliphatic rings. The van der Waals surface area contributed by atoms with Gasteiger partial charge >= 0.3 is 12.2 Å². The van der Waals surface area contributed by atoms with Crippen LogP contribution in [0.2, 0.25) is 0 Å². The monoisotopic (exact) mass is 244 g/mol. The highest BCUT2D eigenvalue weighted by atomic mass is 16.6. The second kappa shape index (κ2) is 5.25. The standard InChI is InChI=1S/C11H20N2O4/c1-11(2,3)17-9(14)12-7-8-5-4-6-13(8)10(15)16/h8H,4-7H2,1-3H3,(H,12,14)(H,15,16)/t8-/m0/s1. The number of nitrogens with one attached hydrogen (secondary N) is 1. The van der Waals surface area contributed by atoms with Gasteiger partial charge < -0.3 is 20.1 Å². The number of amides is 2. The molecule has 1 atom stereocenters. The fourth-order valence-corrected chi connectivity index (χ4v) is 1.82. The summed E-state index contributed by atoms with van der Waals surface area (Å²) in [6, 6.07) is -0.139. The van der Waals surface area contributed by atoms with Crippen LogP contribution in [0.3, 0.4) is 0 Å². The van der Waals surface area contributed by atoms with E-state index in [9.17, 15) is 9.59 Å². The van der Waals surface area contributed by atoms with Gasteiger partial charge in [0.2, 0.25) is 0 Å². The molecule has 1 heterocycles. The van der Waals surface area contributed by atoms with Crippen molar-refractivity contribution in [2.75, 3.05) is 13.1 Å². The lowest BCUT2D eigenvalue weighted by molar-refractivity contribution is 0.0511. The zero-order chi connectivity index (χ0) is 13.1. The minimum Gasteiger partial charge on any atom is -0.465 e. The number of rotatable bonds is 2. The minimum atomic E-state index is -0.932. The molecule has 1 aliphatic heterocycles. The minimum absolute atomic E-state index is 0.139. The quantitative estimate of drug-likeness (QED) is 0.774. The van der Waals surface area contributed by atoms with Gasteiger partial charge in [-0.15, -0.1) is 0 Å². The van der Waals surface area contributed by atoms with Crippen molar-refractivity contribution in [1.82, 2.24) is 10.2 Å².